The van der Waals surface area contributed by atoms with Gasteiger partial charge in [0.25, 0.3) is 0 Å². The molecule has 2 aliphatic heterocycles. The standard InChI is InChI=1S/C36H46N4.2ClH.Pt/c1-9-21-22(10-2)30-18-32-25(13-5)26(14-6)34(39-32)20-36-28(16-8)27(15-7)35(40-36)19-33-24(12-4)23(11-3)31(38-33)17-29(21)37-30;;;/h17-20,37-38H,9-16H2,1-8H3;2*1H;/q;;;+2/p-2. The van der Waals surface area contributed by atoms with Crippen molar-refractivity contribution in [2.75, 3.05) is 0 Å². The summed E-state index contributed by atoms with van der Waals surface area (Å²) in [7, 11) is 9.75. The fraction of sp³-hybridized carbons (Fsp3) is 0.444. The molecule has 4 nitrogen and oxygen atoms in total. The van der Waals surface area contributed by atoms with Crippen LogP contribution in [0.2, 0.25) is 0 Å². The van der Waals surface area contributed by atoms with Crippen LogP contribution < -0.4 is 0 Å². The van der Waals surface area contributed by atoms with Crippen LogP contribution in [0.3, 0.4) is 0 Å². The van der Waals surface area contributed by atoms with Crippen LogP contribution in [0.25, 0.3) is 44.4 Å². The molecule has 0 radical (unpaired) electrons. The van der Waals surface area contributed by atoms with Crippen LogP contribution in [0.15, 0.2) is 24.3 Å². The molecular weight excluding hydrogens is 754 g/mol. The summed E-state index contributed by atoms with van der Waals surface area (Å²) in [5, 5.41) is 0. The molecule has 0 saturated carbocycles. The monoisotopic (exact) mass is 799 g/mol. The summed E-state index contributed by atoms with van der Waals surface area (Å²) >= 11 is -0.472. The van der Waals surface area contributed by atoms with E-state index in [1.54, 1.807) is 0 Å². The number of rotatable bonds is 8. The fourth-order valence-electron chi connectivity index (χ4n) is 7.10. The molecule has 0 spiro atoms. The second kappa shape index (κ2) is 15.2. The Morgan fingerprint density at radius 3 is 0.953 bits per heavy atom. The Labute approximate surface area is 274 Å². The molecule has 7 heteroatoms. The van der Waals surface area contributed by atoms with Crippen LogP contribution in [0, 0.1) is 0 Å². The second-order valence-electron chi connectivity index (χ2n) is 10.9. The average molecular weight is 801 g/mol. The van der Waals surface area contributed by atoms with Crippen molar-refractivity contribution >= 4 is 63.2 Å². The molecule has 2 aliphatic rings. The molecule has 5 rings (SSSR count). The normalized spacial score (nSPS) is 13.2. The van der Waals surface area contributed by atoms with E-state index in [1.807, 2.05) is 0 Å². The number of nitrogens with one attached hydrogen (secondary N) is 2. The predicted molar refractivity (Wildman–Crippen MR) is 185 cm³/mol. The van der Waals surface area contributed by atoms with Gasteiger partial charge in [-0.2, -0.15) is 0 Å². The number of hydrogen-bond donors (Lipinski definition) is 2. The summed E-state index contributed by atoms with van der Waals surface area (Å²) in [6.07, 6.45) is 7.84. The summed E-state index contributed by atoms with van der Waals surface area (Å²) in [5.74, 6) is 0. The van der Waals surface area contributed by atoms with E-state index in [0.717, 1.165) is 74.1 Å². The van der Waals surface area contributed by atoms with Gasteiger partial charge < -0.3 is 9.97 Å². The van der Waals surface area contributed by atoms with Gasteiger partial charge in [-0.3, -0.25) is 0 Å². The van der Waals surface area contributed by atoms with Gasteiger partial charge in [-0.05, 0) is 120 Å². The molecule has 0 aromatic carbocycles. The molecule has 0 saturated heterocycles. The Kier molecular flexibility index (Phi) is 12.0. The maximum absolute atomic E-state index is 5.28. The number of H-pyrrole nitrogens is 2. The third kappa shape index (κ3) is 6.49. The van der Waals surface area contributed by atoms with Gasteiger partial charge in [-0.1, -0.05) is 55.4 Å². The van der Waals surface area contributed by atoms with E-state index in [-0.39, 0.29) is 0 Å². The Bertz CT molecular complexity index is 1590. The molecule has 0 amide bonds. The van der Waals surface area contributed by atoms with Crippen molar-refractivity contribution in [1.29, 1.82) is 0 Å². The van der Waals surface area contributed by atoms with Gasteiger partial charge in [-0.15, -0.1) is 0 Å². The Morgan fingerprint density at radius 2 is 0.698 bits per heavy atom. The van der Waals surface area contributed by atoms with E-state index >= 15 is 0 Å². The summed E-state index contributed by atoms with van der Waals surface area (Å²) in [4.78, 5) is 18.2. The predicted octanol–water partition coefficient (Wildman–Crippen LogP) is 11.4. The number of aromatic nitrogens is 4. The zero-order valence-corrected chi connectivity index (χ0v) is 30.7. The van der Waals surface area contributed by atoms with Gasteiger partial charge >= 0.3 is 35.3 Å². The first-order valence-corrected chi connectivity index (χ1v) is 21.6. The van der Waals surface area contributed by atoms with Crippen molar-refractivity contribution in [3.05, 3.63) is 69.3 Å². The fourth-order valence-corrected chi connectivity index (χ4v) is 7.10. The quantitative estimate of drug-likeness (QED) is 0.238. The maximum atomic E-state index is 5.28. The first-order valence-electron chi connectivity index (χ1n) is 15.9. The molecule has 43 heavy (non-hydrogen) atoms. The third-order valence-electron chi connectivity index (χ3n) is 8.97. The summed E-state index contributed by atoms with van der Waals surface area (Å²) in [6.45, 7) is 18.1. The Morgan fingerprint density at radius 1 is 0.442 bits per heavy atom. The number of fused-ring (bicyclic) bond motifs is 8. The molecule has 0 unspecified atom stereocenters. The number of aryl methyl sites for hydroxylation is 4. The van der Waals surface area contributed by atoms with Crippen molar-refractivity contribution in [2.24, 2.45) is 0 Å². The second-order valence-corrected chi connectivity index (χ2v) is 14.2. The van der Waals surface area contributed by atoms with Gasteiger partial charge in [0, 0.05) is 22.1 Å². The van der Waals surface area contributed by atoms with Crippen LogP contribution >= 0.6 is 18.8 Å². The zero-order valence-electron chi connectivity index (χ0n) is 26.9. The first-order chi connectivity index (χ1) is 20.9. The van der Waals surface area contributed by atoms with Crippen molar-refractivity contribution in [3.8, 4) is 0 Å². The van der Waals surface area contributed by atoms with Crippen LogP contribution in [-0.2, 0) is 42.2 Å². The van der Waals surface area contributed by atoms with Crippen LogP contribution in [0.4, 0.5) is 0 Å². The van der Waals surface area contributed by atoms with Crippen molar-refractivity contribution in [2.45, 2.75) is 107 Å². The van der Waals surface area contributed by atoms with Gasteiger partial charge in [0.15, 0.2) is 0 Å². The minimum absolute atomic E-state index is 0.472. The molecule has 234 valence electrons. The van der Waals surface area contributed by atoms with Gasteiger partial charge in [0.1, 0.15) is 0 Å². The van der Waals surface area contributed by atoms with Crippen LogP contribution in [-0.4, -0.2) is 19.9 Å². The Balaban J connectivity index is 0.00000135. The number of halogens is 2. The molecule has 2 N–H and O–H groups in total. The van der Waals surface area contributed by atoms with Gasteiger partial charge in [-0.25, -0.2) is 9.97 Å². The first kappa shape index (κ1) is 33.8. The number of nitrogens with zero attached hydrogens (tertiary/aromatic N) is 2. The number of aromatic amines is 2. The van der Waals surface area contributed by atoms with Crippen LogP contribution in [0.1, 0.15) is 126 Å². The molecule has 0 fully saturated rings. The number of allylic oxidation sites excluding steroid dienone is 4. The number of hydrogen-bond acceptors (Lipinski definition) is 2. The molecule has 5 heterocycles. The molecule has 8 bridgehead atoms. The van der Waals surface area contributed by atoms with Crippen molar-refractivity contribution < 1.29 is 16.5 Å². The van der Waals surface area contributed by atoms with E-state index in [4.69, 9.17) is 28.8 Å². The van der Waals surface area contributed by atoms with E-state index in [0.29, 0.717) is 0 Å². The molecular formula is C36H46Cl2N4Pt. The summed E-state index contributed by atoms with van der Waals surface area (Å²) < 4.78 is 0. The molecule has 0 aliphatic carbocycles. The topological polar surface area (TPSA) is 57.4 Å². The summed E-state index contributed by atoms with van der Waals surface area (Å²) in [6, 6.07) is 9.24. The Hall–Kier alpha value is -2.13. The molecule has 0 atom stereocenters. The average Bonchev–Trinajstić information content (AvgIpc) is 3.72. The van der Waals surface area contributed by atoms with E-state index in [9.17, 15) is 0 Å². The van der Waals surface area contributed by atoms with E-state index in [2.05, 4.69) is 89.6 Å². The zero-order chi connectivity index (χ0) is 31.3. The third-order valence-corrected chi connectivity index (χ3v) is 8.97. The minimum atomic E-state index is -0.472. The van der Waals surface area contributed by atoms with Crippen molar-refractivity contribution in [3.63, 3.8) is 0 Å². The van der Waals surface area contributed by atoms with E-state index < -0.39 is 16.5 Å². The summed E-state index contributed by atoms with van der Waals surface area (Å²) in [5.41, 5.74) is 20.2. The van der Waals surface area contributed by atoms with Gasteiger partial charge in [0.05, 0.1) is 22.8 Å². The van der Waals surface area contributed by atoms with Gasteiger partial charge in [0.2, 0.25) is 0 Å². The molecule has 3 aromatic heterocycles. The van der Waals surface area contributed by atoms with E-state index in [1.165, 1.54) is 66.6 Å². The SMILES string of the molecule is CCC1=C(CC)c2cc3[nH]c(cc4[nH]c(cc5nc(cc1n2)C(CC)=C5CC)c(CC)c4CC)c(CC)c3CC.[Cl][Pt][Cl]. The molecule has 3 aromatic rings. The van der Waals surface area contributed by atoms with Crippen molar-refractivity contribution in [1.82, 2.24) is 19.9 Å². The van der Waals surface area contributed by atoms with Crippen LogP contribution in [0.5, 0.6) is 0 Å².